The second-order valence-electron chi connectivity index (χ2n) is 5.17. The van der Waals surface area contributed by atoms with E-state index < -0.39 is 0 Å². The molecule has 1 aromatic carbocycles. The fourth-order valence-electron chi connectivity index (χ4n) is 1.98. The van der Waals surface area contributed by atoms with E-state index in [0.29, 0.717) is 30.5 Å². The van der Waals surface area contributed by atoms with E-state index in [4.69, 9.17) is 5.73 Å². The van der Waals surface area contributed by atoms with E-state index in [-0.39, 0.29) is 5.82 Å². The van der Waals surface area contributed by atoms with E-state index in [1.165, 1.54) is 6.07 Å². The number of halogens is 2. The summed E-state index contributed by atoms with van der Waals surface area (Å²) in [6.07, 6.45) is 0. The fraction of sp³-hybridized carbons (Fsp3) is 0.571. The van der Waals surface area contributed by atoms with Crippen LogP contribution in [0.3, 0.4) is 0 Å². The van der Waals surface area contributed by atoms with Gasteiger partial charge in [-0.25, -0.2) is 4.39 Å². The molecule has 0 saturated carbocycles. The third kappa shape index (κ3) is 4.67. The van der Waals surface area contributed by atoms with Gasteiger partial charge in [0.1, 0.15) is 5.82 Å². The first-order valence-electron chi connectivity index (χ1n) is 6.26. The molecule has 0 radical (unpaired) electrons. The molecule has 0 aliphatic heterocycles. The second kappa shape index (κ2) is 7.22. The summed E-state index contributed by atoms with van der Waals surface area (Å²) < 4.78 is 14.5. The molecule has 1 rings (SSSR count). The van der Waals surface area contributed by atoms with Crippen LogP contribution < -0.4 is 5.73 Å². The van der Waals surface area contributed by atoms with Crippen molar-refractivity contribution >= 4 is 15.9 Å². The summed E-state index contributed by atoms with van der Waals surface area (Å²) >= 11 is 3.37. The van der Waals surface area contributed by atoms with Gasteiger partial charge >= 0.3 is 0 Å². The Bertz CT molecular complexity index is 382. The quantitative estimate of drug-likeness (QED) is 0.873. The van der Waals surface area contributed by atoms with Crippen molar-refractivity contribution in [3.63, 3.8) is 0 Å². The van der Waals surface area contributed by atoms with Crippen LogP contribution in [0.4, 0.5) is 4.39 Å². The Labute approximate surface area is 117 Å². The Morgan fingerprint density at radius 1 is 1.39 bits per heavy atom. The Morgan fingerprint density at radius 2 is 2.06 bits per heavy atom. The SMILES string of the molecule is CC(C)C(CN)CN(C)Cc1cc(Br)ccc1F. The molecule has 0 fully saturated rings. The molecule has 0 heterocycles. The smallest absolute Gasteiger partial charge is 0.127 e. The topological polar surface area (TPSA) is 29.3 Å². The molecule has 2 N–H and O–H groups in total. The number of nitrogens with two attached hydrogens (primary N) is 1. The summed E-state index contributed by atoms with van der Waals surface area (Å²) in [5, 5.41) is 0. The van der Waals surface area contributed by atoms with Crippen molar-refractivity contribution in [2.45, 2.75) is 20.4 Å². The lowest BCUT2D eigenvalue weighted by molar-refractivity contribution is 0.232. The van der Waals surface area contributed by atoms with Crippen LogP contribution in [0.2, 0.25) is 0 Å². The van der Waals surface area contributed by atoms with Gasteiger partial charge in [0.15, 0.2) is 0 Å². The van der Waals surface area contributed by atoms with Crippen molar-refractivity contribution in [1.82, 2.24) is 4.90 Å². The van der Waals surface area contributed by atoms with Crippen molar-refractivity contribution in [2.24, 2.45) is 17.6 Å². The van der Waals surface area contributed by atoms with E-state index in [1.807, 2.05) is 13.1 Å². The first-order valence-corrected chi connectivity index (χ1v) is 7.05. The number of hydrogen-bond donors (Lipinski definition) is 1. The number of benzene rings is 1. The Hall–Kier alpha value is -0.450. The predicted octanol–water partition coefficient (Wildman–Crippen LogP) is 3.25. The largest absolute Gasteiger partial charge is 0.330 e. The molecule has 0 bridgehead atoms. The van der Waals surface area contributed by atoms with Gasteiger partial charge in [-0.3, -0.25) is 0 Å². The minimum atomic E-state index is -0.154. The average Bonchev–Trinajstić information content (AvgIpc) is 2.30. The monoisotopic (exact) mass is 316 g/mol. The van der Waals surface area contributed by atoms with E-state index in [1.54, 1.807) is 6.07 Å². The zero-order valence-electron chi connectivity index (χ0n) is 11.3. The summed E-state index contributed by atoms with van der Waals surface area (Å²) in [7, 11) is 2.01. The summed E-state index contributed by atoms with van der Waals surface area (Å²) in [5.41, 5.74) is 6.48. The molecule has 0 aromatic heterocycles. The van der Waals surface area contributed by atoms with Crippen LogP contribution in [0.1, 0.15) is 19.4 Å². The molecule has 2 nitrogen and oxygen atoms in total. The highest BCUT2D eigenvalue weighted by molar-refractivity contribution is 9.10. The molecule has 0 aliphatic carbocycles. The van der Waals surface area contributed by atoms with Crippen molar-refractivity contribution in [2.75, 3.05) is 20.1 Å². The van der Waals surface area contributed by atoms with Gasteiger partial charge in [-0.05, 0) is 43.6 Å². The zero-order valence-corrected chi connectivity index (χ0v) is 12.9. The maximum absolute atomic E-state index is 13.6. The normalized spacial score (nSPS) is 13.3. The summed E-state index contributed by atoms with van der Waals surface area (Å²) in [6.45, 7) is 6.51. The van der Waals surface area contributed by atoms with Crippen LogP contribution in [0, 0.1) is 17.7 Å². The first kappa shape index (κ1) is 15.6. The summed E-state index contributed by atoms with van der Waals surface area (Å²) in [6, 6.07) is 5.05. The molecule has 102 valence electrons. The van der Waals surface area contributed by atoms with Gasteiger partial charge in [0.05, 0.1) is 0 Å². The third-order valence-electron chi connectivity index (χ3n) is 3.24. The fourth-order valence-corrected chi connectivity index (χ4v) is 2.39. The second-order valence-corrected chi connectivity index (χ2v) is 6.09. The molecule has 1 atom stereocenters. The van der Waals surface area contributed by atoms with Crippen LogP contribution in [-0.4, -0.2) is 25.0 Å². The van der Waals surface area contributed by atoms with Crippen molar-refractivity contribution in [1.29, 1.82) is 0 Å². The lowest BCUT2D eigenvalue weighted by Gasteiger charge is -2.26. The molecule has 0 aliphatic rings. The lowest BCUT2D eigenvalue weighted by atomic mass is 9.95. The van der Waals surface area contributed by atoms with Crippen molar-refractivity contribution in [3.05, 3.63) is 34.1 Å². The minimum absolute atomic E-state index is 0.154. The molecule has 4 heteroatoms. The molecular formula is C14H22BrFN2. The minimum Gasteiger partial charge on any atom is -0.330 e. The van der Waals surface area contributed by atoms with E-state index in [2.05, 4.69) is 34.7 Å². The van der Waals surface area contributed by atoms with E-state index >= 15 is 0 Å². The molecule has 1 unspecified atom stereocenters. The Balaban J connectivity index is 2.63. The standard InChI is InChI=1S/C14H22BrFN2/c1-10(2)12(7-17)9-18(3)8-11-6-13(15)4-5-14(11)16/h4-6,10,12H,7-9,17H2,1-3H3. The zero-order chi connectivity index (χ0) is 13.7. The highest BCUT2D eigenvalue weighted by atomic mass is 79.9. The van der Waals surface area contributed by atoms with Crippen LogP contribution in [0.25, 0.3) is 0 Å². The van der Waals surface area contributed by atoms with Crippen LogP contribution >= 0.6 is 15.9 Å². The molecular weight excluding hydrogens is 295 g/mol. The Kier molecular flexibility index (Phi) is 6.26. The van der Waals surface area contributed by atoms with Gasteiger partial charge in [-0.1, -0.05) is 29.8 Å². The van der Waals surface area contributed by atoms with Crippen LogP contribution in [0.15, 0.2) is 22.7 Å². The van der Waals surface area contributed by atoms with Crippen molar-refractivity contribution in [3.8, 4) is 0 Å². The van der Waals surface area contributed by atoms with Gasteiger partial charge in [-0.2, -0.15) is 0 Å². The molecule has 0 spiro atoms. The maximum atomic E-state index is 13.6. The van der Waals surface area contributed by atoms with Crippen LogP contribution in [-0.2, 0) is 6.54 Å². The molecule has 0 amide bonds. The van der Waals surface area contributed by atoms with E-state index in [9.17, 15) is 4.39 Å². The van der Waals surface area contributed by atoms with Gasteiger partial charge < -0.3 is 10.6 Å². The number of nitrogens with zero attached hydrogens (tertiary/aromatic N) is 1. The van der Waals surface area contributed by atoms with Crippen LogP contribution in [0.5, 0.6) is 0 Å². The van der Waals surface area contributed by atoms with Gasteiger partial charge in [0.2, 0.25) is 0 Å². The lowest BCUT2D eigenvalue weighted by Crippen LogP contribution is -2.33. The van der Waals surface area contributed by atoms with Gasteiger partial charge in [-0.15, -0.1) is 0 Å². The number of rotatable bonds is 6. The highest BCUT2D eigenvalue weighted by Gasteiger charge is 2.15. The predicted molar refractivity (Wildman–Crippen MR) is 77.8 cm³/mol. The third-order valence-corrected chi connectivity index (χ3v) is 3.73. The first-order chi connectivity index (χ1) is 8.43. The molecule has 18 heavy (non-hydrogen) atoms. The van der Waals surface area contributed by atoms with E-state index in [0.717, 1.165) is 11.0 Å². The number of hydrogen-bond acceptors (Lipinski definition) is 2. The van der Waals surface area contributed by atoms with Crippen molar-refractivity contribution < 1.29 is 4.39 Å². The molecule has 0 saturated heterocycles. The Morgan fingerprint density at radius 3 is 2.61 bits per heavy atom. The maximum Gasteiger partial charge on any atom is 0.127 e. The highest BCUT2D eigenvalue weighted by Crippen LogP contribution is 2.18. The van der Waals surface area contributed by atoms with Gasteiger partial charge in [0.25, 0.3) is 0 Å². The van der Waals surface area contributed by atoms with Gasteiger partial charge in [0, 0.05) is 23.1 Å². The summed E-state index contributed by atoms with van der Waals surface area (Å²) in [5.74, 6) is 0.842. The summed E-state index contributed by atoms with van der Waals surface area (Å²) in [4.78, 5) is 2.13. The average molecular weight is 317 g/mol. The molecule has 1 aromatic rings.